The quantitative estimate of drug-likeness (QED) is 0.0586. The number of carbonyl (C=O) groups excluding carboxylic acids is 1. The molecule has 0 saturated carbocycles. The lowest BCUT2D eigenvalue weighted by Gasteiger charge is -2.30. The Morgan fingerprint density at radius 3 is 2.25 bits per heavy atom. The van der Waals surface area contributed by atoms with Gasteiger partial charge in [-0.05, 0) is 98.6 Å². The maximum absolute atomic E-state index is 13.7. The van der Waals surface area contributed by atoms with Gasteiger partial charge in [0.1, 0.15) is 40.3 Å². The summed E-state index contributed by atoms with van der Waals surface area (Å²) in [6.07, 6.45) is 6.97. The van der Waals surface area contributed by atoms with Crippen LogP contribution in [0.5, 0.6) is 0 Å². The molecule has 17 nitrogen and oxygen atoms in total. The Morgan fingerprint density at radius 1 is 0.968 bits per heavy atom. The molecule has 348 valence electrons. The number of hydrogen-bond acceptors (Lipinski definition) is 12. The summed E-state index contributed by atoms with van der Waals surface area (Å²) in [5.41, 5.74) is 1.97. The number of carboxylic acids is 1. The zero-order valence-electron chi connectivity index (χ0n) is 36.5. The first-order chi connectivity index (χ1) is 29.3. The Balaban J connectivity index is 1.94. The van der Waals surface area contributed by atoms with Gasteiger partial charge >= 0.3 is 5.97 Å². The highest BCUT2D eigenvalue weighted by molar-refractivity contribution is 7.86. The van der Waals surface area contributed by atoms with Crippen LogP contribution in [0.1, 0.15) is 107 Å². The van der Waals surface area contributed by atoms with Crippen molar-refractivity contribution in [3.05, 3.63) is 82.1 Å². The molecule has 0 aromatic heterocycles. The molecule has 1 aromatic rings. The van der Waals surface area contributed by atoms with E-state index < -0.39 is 63.6 Å². The van der Waals surface area contributed by atoms with E-state index in [1.165, 1.54) is 25.3 Å². The number of benzene rings is 2. The Kier molecular flexibility index (Phi) is 17.1. The summed E-state index contributed by atoms with van der Waals surface area (Å²) in [5.74, 6) is -1.50. The van der Waals surface area contributed by atoms with E-state index in [0.717, 1.165) is 5.56 Å². The van der Waals surface area contributed by atoms with Crippen molar-refractivity contribution in [3.8, 4) is 11.3 Å². The smallest absolute Gasteiger partial charge is 0.303 e. The van der Waals surface area contributed by atoms with Crippen molar-refractivity contribution in [2.24, 2.45) is 0 Å². The van der Waals surface area contributed by atoms with Crippen molar-refractivity contribution in [1.29, 1.82) is 0 Å². The molecule has 0 spiro atoms. The number of nitrogens with zero attached hydrogens (tertiary/aromatic N) is 2. The molecule has 0 fully saturated rings. The highest BCUT2D eigenvalue weighted by atomic mass is 32.2. The molecular weight excluding hydrogens is 879 g/mol. The van der Waals surface area contributed by atoms with Gasteiger partial charge in [0, 0.05) is 55.4 Å². The predicted octanol–water partition coefficient (Wildman–Crippen LogP) is 5.02. The predicted molar refractivity (Wildman–Crippen MR) is 238 cm³/mol. The van der Waals surface area contributed by atoms with E-state index in [4.69, 9.17) is 14.3 Å². The summed E-state index contributed by atoms with van der Waals surface area (Å²) in [6.45, 7) is 11.2. The highest BCUT2D eigenvalue weighted by Crippen LogP contribution is 2.51. The fourth-order valence-electron chi connectivity index (χ4n) is 7.89. The lowest BCUT2D eigenvalue weighted by Crippen LogP contribution is -2.39. The second-order valence-electron chi connectivity index (χ2n) is 16.8. The van der Waals surface area contributed by atoms with Gasteiger partial charge in [-0.1, -0.05) is 33.3 Å². The zero-order valence-corrected chi connectivity index (χ0v) is 39.0. The second-order valence-corrected chi connectivity index (χ2v) is 21.3. The highest BCUT2D eigenvalue weighted by Gasteiger charge is 2.43. The number of nitrogens with one attached hydrogen (secondary N) is 1. The van der Waals surface area contributed by atoms with Gasteiger partial charge in [-0.2, -0.15) is 16.8 Å². The molecule has 0 saturated heterocycles. The largest absolute Gasteiger partial charge is 0.744 e. The summed E-state index contributed by atoms with van der Waals surface area (Å²) in [4.78, 5) is 26.4. The lowest BCUT2D eigenvalue weighted by atomic mass is 9.77. The average molecular weight is 938 g/mol. The molecule has 63 heavy (non-hydrogen) atoms. The molecule has 0 bridgehead atoms. The third-order valence-electron chi connectivity index (χ3n) is 11.0. The van der Waals surface area contributed by atoms with Crippen molar-refractivity contribution in [3.63, 3.8) is 0 Å². The van der Waals surface area contributed by atoms with E-state index >= 15 is 0 Å². The number of carbonyl (C=O) groups is 2. The SMILES string of the molecule is CC[N+](CCCS(=O)(=O)O)=c1cc2oc(/C=C/C=C3/N(CCCCCC(=O)O)c4ccc(S(=O)(=O)[O-])cc4C3(C)CCCS(=O)(=O)O)cc(C(C)(C)C)c-2cc1C(=O)NCCOC. The molecule has 1 aliphatic carbocycles. The van der Waals surface area contributed by atoms with Crippen molar-refractivity contribution in [1.82, 2.24) is 9.89 Å². The Labute approximate surface area is 370 Å². The normalized spacial score (nSPS) is 17.2. The van der Waals surface area contributed by atoms with E-state index in [-0.39, 0.29) is 51.3 Å². The summed E-state index contributed by atoms with van der Waals surface area (Å²) in [5, 5.41) is 12.5. The molecule has 1 amide bonds. The molecule has 1 unspecified atom stereocenters. The first kappa shape index (κ1) is 51.2. The Hall–Kier alpha value is -4.44. The maximum atomic E-state index is 13.7. The minimum Gasteiger partial charge on any atom is -0.744 e. The molecule has 4 N–H and O–H groups in total. The molecule has 1 atom stereocenters. The first-order valence-electron chi connectivity index (χ1n) is 20.7. The number of ether oxygens (including phenoxy) is 1. The summed E-state index contributed by atoms with van der Waals surface area (Å²) >= 11 is 0. The number of anilines is 1. The third-order valence-corrected chi connectivity index (χ3v) is 13.4. The lowest BCUT2D eigenvalue weighted by molar-refractivity contribution is -0.137. The van der Waals surface area contributed by atoms with Crippen molar-refractivity contribution < 1.29 is 62.8 Å². The Bertz CT molecular complexity index is 2590. The average Bonchev–Trinajstić information content (AvgIpc) is 3.39. The van der Waals surface area contributed by atoms with Crippen LogP contribution in [0.4, 0.5) is 5.69 Å². The number of methoxy groups -OCH3 is 1. The van der Waals surface area contributed by atoms with Crippen LogP contribution in [-0.4, -0.2) is 107 Å². The molecule has 2 aliphatic heterocycles. The van der Waals surface area contributed by atoms with Crippen LogP contribution in [-0.2, 0) is 50.7 Å². The second kappa shape index (κ2) is 21.0. The molecule has 20 heteroatoms. The van der Waals surface area contributed by atoms with E-state index in [2.05, 4.69) is 5.32 Å². The number of hydrogen-bond donors (Lipinski definition) is 4. The van der Waals surface area contributed by atoms with E-state index in [0.29, 0.717) is 77.3 Å². The molecular formula is C43H59N3O14S3. The van der Waals surface area contributed by atoms with Gasteiger partial charge in [-0.25, -0.2) is 13.0 Å². The zero-order chi connectivity index (χ0) is 47.0. The van der Waals surface area contributed by atoms with Gasteiger partial charge in [-0.15, -0.1) is 0 Å². The Morgan fingerprint density at radius 2 is 1.65 bits per heavy atom. The van der Waals surface area contributed by atoms with Gasteiger partial charge < -0.3 is 29.0 Å². The molecule has 4 rings (SSSR count). The standard InChI is InChI=1S/C43H59N3O14S3/c1-7-45(21-13-25-62(53,54)55)37-29-38-32(28-33(37)41(49)44-20-23-59-6)34(42(2,3)4)26-30(60-38)14-11-15-39-43(5,19-12-24-61(50,51)52)35-27-31(63(56,57)58)17-18-36(35)46(39)22-10-8-9-16-40(47)48/h11,14-15,17-18,26-29H,7-10,12-13,16,19-25H2,1-6H3,(H4-,44,47,48,49,50,51,52,53,54,55,56,57,58). The van der Waals surface area contributed by atoms with Crippen LogP contribution in [0.2, 0.25) is 0 Å². The maximum Gasteiger partial charge on any atom is 0.303 e. The van der Waals surface area contributed by atoms with E-state index in [1.807, 2.05) is 43.2 Å². The van der Waals surface area contributed by atoms with Crippen molar-refractivity contribution in [2.75, 3.05) is 56.3 Å². The van der Waals surface area contributed by atoms with E-state index in [1.54, 1.807) is 37.3 Å². The molecule has 0 radical (unpaired) electrons. The van der Waals surface area contributed by atoms with Crippen LogP contribution in [0, 0.1) is 0 Å². The molecule has 2 heterocycles. The number of carboxylic acid groups (broad SMARTS) is 1. The fraction of sp³-hybridized carbons (Fsp3) is 0.512. The van der Waals surface area contributed by atoms with Crippen LogP contribution in [0.3, 0.4) is 0 Å². The minimum atomic E-state index is -4.88. The van der Waals surface area contributed by atoms with Gasteiger partial charge in [-0.3, -0.25) is 18.7 Å². The van der Waals surface area contributed by atoms with E-state index in [9.17, 15) is 48.5 Å². The number of allylic oxidation sites excluding steroid dienone is 3. The molecule has 3 aliphatic rings. The van der Waals surface area contributed by atoms with Crippen molar-refractivity contribution >= 4 is 54.0 Å². The van der Waals surface area contributed by atoms with Crippen LogP contribution in [0.15, 0.2) is 63.6 Å². The number of rotatable bonds is 22. The summed E-state index contributed by atoms with van der Waals surface area (Å²) in [7, 11) is -11.9. The van der Waals surface area contributed by atoms with Crippen LogP contribution < -0.4 is 20.1 Å². The monoisotopic (exact) mass is 937 g/mol. The number of aliphatic carboxylic acids is 1. The van der Waals surface area contributed by atoms with Crippen molar-refractivity contribution in [2.45, 2.75) is 95.3 Å². The van der Waals surface area contributed by atoms with Gasteiger partial charge in [0.2, 0.25) is 5.36 Å². The van der Waals surface area contributed by atoms with Crippen LogP contribution in [0.25, 0.3) is 17.4 Å². The topological polar surface area (TPSA) is 261 Å². The van der Waals surface area contributed by atoms with Gasteiger partial charge in [0.15, 0.2) is 0 Å². The number of unbranched alkanes of at least 4 members (excludes halogenated alkanes) is 2. The summed E-state index contributed by atoms with van der Waals surface area (Å²) < 4.78 is 116. The molecule has 1 aromatic carbocycles. The summed E-state index contributed by atoms with van der Waals surface area (Å²) in [6, 6.07) is 9.38. The minimum absolute atomic E-state index is 0.00903. The number of fused-ring (bicyclic) bond motifs is 2. The fourth-order valence-corrected chi connectivity index (χ4v) is 9.39. The van der Waals surface area contributed by atoms with Gasteiger partial charge in [0.25, 0.3) is 26.1 Å². The van der Waals surface area contributed by atoms with Gasteiger partial charge in [0.05, 0.1) is 29.1 Å². The number of amides is 1. The first-order valence-corrected chi connectivity index (χ1v) is 25.3. The van der Waals surface area contributed by atoms with Crippen LogP contribution >= 0.6 is 0 Å². The third kappa shape index (κ3) is 14.0.